The van der Waals surface area contributed by atoms with Crippen LogP contribution in [-0.2, 0) is 11.4 Å². The SMILES string of the molecule is Cc1cccc(OCc2nc(SCC(=O)Nc3ccc(Cl)c(Cl)c3)n[nH]2)c1. The number of thioether (sulfide) groups is 1. The normalized spacial score (nSPS) is 10.6. The standard InChI is InChI=1S/C18H16Cl2N4O2S/c1-11-3-2-4-13(7-11)26-9-16-22-18(24-23-16)27-10-17(25)21-12-5-6-14(19)15(20)8-12/h2-8H,9-10H2,1H3,(H,21,25)(H,22,23,24). The van der Waals surface area contributed by atoms with E-state index in [2.05, 4.69) is 20.5 Å². The fourth-order valence-corrected chi connectivity index (χ4v) is 3.08. The molecule has 0 aliphatic heterocycles. The molecule has 3 rings (SSSR count). The summed E-state index contributed by atoms with van der Waals surface area (Å²) in [6.45, 7) is 2.27. The van der Waals surface area contributed by atoms with E-state index in [0.29, 0.717) is 26.7 Å². The molecule has 2 aromatic carbocycles. The van der Waals surface area contributed by atoms with Crippen molar-refractivity contribution in [2.24, 2.45) is 0 Å². The van der Waals surface area contributed by atoms with Crippen LogP contribution in [0.15, 0.2) is 47.6 Å². The summed E-state index contributed by atoms with van der Waals surface area (Å²) in [5.74, 6) is 1.32. The molecule has 1 heterocycles. The van der Waals surface area contributed by atoms with E-state index in [1.807, 2.05) is 31.2 Å². The topological polar surface area (TPSA) is 79.9 Å². The highest BCUT2D eigenvalue weighted by Crippen LogP contribution is 2.25. The molecule has 27 heavy (non-hydrogen) atoms. The molecule has 6 nitrogen and oxygen atoms in total. The van der Waals surface area contributed by atoms with Crippen molar-refractivity contribution in [1.29, 1.82) is 0 Å². The van der Waals surface area contributed by atoms with Crippen LogP contribution in [0.5, 0.6) is 5.75 Å². The minimum atomic E-state index is -0.194. The Labute approximate surface area is 170 Å². The molecule has 0 saturated carbocycles. The second-order valence-corrected chi connectivity index (χ2v) is 7.39. The van der Waals surface area contributed by atoms with Gasteiger partial charge in [0.25, 0.3) is 0 Å². The van der Waals surface area contributed by atoms with E-state index in [0.717, 1.165) is 11.3 Å². The lowest BCUT2D eigenvalue weighted by atomic mass is 10.2. The Morgan fingerprint density at radius 3 is 2.85 bits per heavy atom. The summed E-state index contributed by atoms with van der Waals surface area (Å²) in [5, 5.41) is 10.9. The van der Waals surface area contributed by atoms with Crippen molar-refractivity contribution in [3.63, 3.8) is 0 Å². The van der Waals surface area contributed by atoms with Gasteiger partial charge in [-0.05, 0) is 42.8 Å². The van der Waals surface area contributed by atoms with E-state index in [9.17, 15) is 4.79 Å². The maximum Gasteiger partial charge on any atom is 0.234 e. The van der Waals surface area contributed by atoms with Crippen molar-refractivity contribution in [1.82, 2.24) is 15.2 Å². The van der Waals surface area contributed by atoms with Crippen LogP contribution in [-0.4, -0.2) is 26.8 Å². The summed E-state index contributed by atoms with van der Waals surface area (Å²) in [6, 6.07) is 12.7. The number of benzene rings is 2. The summed E-state index contributed by atoms with van der Waals surface area (Å²) in [4.78, 5) is 16.3. The van der Waals surface area contributed by atoms with Gasteiger partial charge in [0.15, 0.2) is 5.82 Å². The predicted molar refractivity (Wildman–Crippen MR) is 108 cm³/mol. The van der Waals surface area contributed by atoms with Gasteiger partial charge in [-0.15, -0.1) is 5.10 Å². The zero-order chi connectivity index (χ0) is 19.2. The molecule has 0 saturated heterocycles. The van der Waals surface area contributed by atoms with Crippen LogP contribution in [0.4, 0.5) is 5.69 Å². The van der Waals surface area contributed by atoms with Crippen LogP contribution in [0.25, 0.3) is 0 Å². The zero-order valence-electron chi connectivity index (χ0n) is 14.3. The average molecular weight is 423 g/mol. The van der Waals surface area contributed by atoms with Crippen LogP contribution in [0.3, 0.4) is 0 Å². The van der Waals surface area contributed by atoms with E-state index in [1.165, 1.54) is 11.8 Å². The molecule has 0 spiro atoms. The third-order valence-electron chi connectivity index (χ3n) is 3.41. The highest BCUT2D eigenvalue weighted by atomic mass is 35.5. The Morgan fingerprint density at radius 1 is 1.22 bits per heavy atom. The summed E-state index contributed by atoms with van der Waals surface area (Å²) in [5.41, 5.74) is 1.70. The summed E-state index contributed by atoms with van der Waals surface area (Å²) < 4.78 is 5.67. The number of aromatic nitrogens is 3. The highest BCUT2D eigenvalue weighted by Gasteiger charge is 2.09. The number of H-pyrrole nitrogens is 1. The van der Waals surface area contributed by atoms with Gasteiger partial charge in [0, 0.05) is 5.69 Å². The molecule has 0 atom stereocenters. The lowest BCUT2D eigenvalue weighted by Crippen LogP contribution is -2.14. The number of aromatic amines is 1. The van der Waals surface area contributed by atoms with Crippen LogP contribution in [0.1, 0.15) is 11.4 Å². The Balaban J connectivity index is 1.47. The van der Waals surface area contributed by atoms with Gasteiger partial charge in [-0.3, -0.25) is 9.89 Å². The number of aryl methyl sites for hydroxylation is 1. The van der Waals surface area contributed by atoms with E-state index in [1.54, 1.807) is 18.2 Å². The van der Waals surface area contributed by atoms with Crippen molar-refractivity contribution >= 4 is 46.6 Å². The number of anilines is 1. The van der Waals surface area contributed by atoms with Crippen LogP contribution >= 0.6 is 35.0 Å². The molecule has 1 aromatic heterocycles. The van der Waals surface area contributed by atoms with Crippen LogP contribution < -0.4 is 10.1 Å². The number of hydrogen-bond donors (Lipinski definition) is 2. The quantitative estimate of drug-likeness (QED) is 0.537. The predicted octanol–water partition coefficient (Wildman–Crippen LogP) is 4.73. The van der Waals surface area contributed by atoms with E-state index < -0.39 is 0 Å². The number of halogens is 2. The fourth-order valence-electron chi connectivity index (χ4n) is 2.16. The Kier molecular flexibility index (Phi) is 6.60. The molecular weight excluding hydrogens is 407 g/mol. The maximum atomic E-state index is 12.0. The molecule has 2 N–H and O–H groups in total. The second-order valence-electron chi connectivity index (χ2n) is 5.64. The Morgan fingerprint density at radius 2 is 2.07 bits per heavy atom. The first-order valence-electron chi connectivity index (χ1n) is 7.98. The summed E-state index contributed by atoms with van der Waals surface area (Å²) in [7, 11) is 0. The molecule has 0 radical (unpaired) electrons. The molecule has 0 unspecified atom stereocenters. The van der Waals surface area contributed by atoms with E-state index >= 15 is 0 Å². The first-order chi connectivity index (χ1) is 13.0. The zero-order valence-corrected chi connectivity index (χ0v) is 16.7. The number of carbonyl (C=O) groups excluding carboxylic acids is 1. The van der Waals surface area contributed by atoms with Crippen LogP contribution in [0, 0.1) is 6.92 Å². The summed E-state index contributed by atoms with van der Waals surface area (Å²) >= 11 is 13.0. The van der Waals surface area contributed by atoms with Gasteiger partial charge in [0.2, 0.25) is 11.1 Å². The fraction of sp³-hybridized carbons (Fsp3) is 0.167. The molecule has 0 aliphatic rings. The molecule has 0 bridgehead atoms. The summed E-state index contributed by atoms with van der Waals surface area (Å²) in [6.07, 6.45) is 0. The third kappa shape index (κ3) is 5.89. The molecule has 1 amide bonds. The molecular formula is C18H16Cl2N4O2S. The van der Waals surface area contributed by atoms with Crippen LogP contribution in [0.2, 0.25) is 10.0 Å². The number of carbonyl (C=O) groups is 1. The van der Waals surface area contributed by atoms with Gasteiger partial charge in [0.05, 0.1) is 15.8 Å². The Hall–Kier alpha value is -2.22. The third-order valence-corrected chi connectivity index (χ3v) is 5.00. The van der Waals surface area contributed by atoms with Crippen molar-refractivity contribution in [3.8, 4) is 5.75 Å². The minimum Gasteiger partial charge on any atom is -0.486 e. The molecule has 3 aromatic rings. The van der Waals surface area contributed by atoms with Crippen molar-refractivity contribution in [3.05, 3.63) is 63.9 Å². The minimum absolute atomic E-state index is 0.163. The number of ether oxygens (including phenoxy) is 1. The smallest absolute Gasteiger partial charge is 0.234 e. The molecule has 140 valence electrons. The molecule has 0 aliphatic carbocycles. The number of amides is 1. The van der Waals surface area contributed by atoms with Crippen molar-refractivity contribution in [2.75, 3.05) is 11.1 Å². The van der Waals surface area contributed by atoms with E-state index in [4.69, 9.17) is 27.9 Å². The Bertz CT molecular complexity index is 949. The largest absolute Gasteiger partial charge is 0.486 e. The average Bonchev–Trinajstić information content (AvgIpc) is 3.09. The monoisotopic (exact) mass is 422 g/mol. The highest BCUT2D eigenvalue weighted by molar-refractivity contribution is 7.99. The maximum absolute atomic E-state index is 12.0. The van der Waals surface area contributed by atoms with Gasteiger partial charge in [0.1, 0.15) is 12.4 Å². The number of rotatable bonds is 7. The lowest BCUT2D eigenvalue weighted by Gasteiger charge is -2.05. The second kappa shape index (κ2) is 9.12. The van der Waals surface area contributed by atoms with Gasteiger partial charge in [-0.25, -0.2) is 4.98 Å². The van der Waals surface area contributed by atoms with Gasteiger partial charge < -0.3 is 10.1 Å². The molecule has 0 fully saturated rings. The van der Waals surface area contributed by atoms with Crippen molar-refractivity contribution < 1.29 is 9.53 Å². The molecule has 9 heteroatoms. The van der Waals surface area contributed by atoms with Gasteiger partial charge in [-0.1, -0.05) is 47.1 Å². The number of hydrogen-bond acceptors (Lipinski definition) is 5. The van der Waals surface area contributed by atoms with Gasteiger partial charge >= 0.3 is 0 Å². The number of nitrogens with zero attached hydrogens (tertiary/aromatic N) is 2. The first-order valence-corrected chi connectivity index (χ1v) is 9.72. The lowest BCUT2D eigenvalue weighted by molar-refractivity contribution is -0.113. The van der Waals surface area contributed by atoms with Gasteiger partial charge in [-0.2, -0.15) is 0 Å². The number of nitrogens with one attached hydrogen (secondary N) is 2. The first kappa shape index (κ1) is 19.5. The van der Waals surface area contributed by atoms with E-state index in [-0.39, 0.29) is 18.3 Å². The van der Waals surface area contributed by atoms with Crippen molar-refractivity contribution in [2.45, 2.75) is 18.7 Å².